The predicted octanol–water partition coefficient (Wildman–Crippen LogP) is 2.72. The molecule has 110 valence electrons. The molecular formula is C15H18N4O2. The standard InChI is InChI=1S/C15H18N4O2/c1-9(2)19-8-11(7-17-19)21-14-5-10-3-4-15(20)18-13(10)6-12(14)16/h5-9H,3-4,16H2,1-2H3,(H,18,20). The van der Waals surface area contributed by atoms with Gasteiger partial charge >= 0.3 is 0 Å². The monoisotopic (exact) mass is 286 g/mol. The summed E-state index contributed by atoms with van der Waals surface area (Å²) in [4.78, 5) is 11.4. The Morgan fingerprint density at radius 2 is 2.19 bits per heavy atom. The van der Waals surface area contributed by atoms with E-state index in [0.29, 0.717) is 30.0 Å². The lowest BCUT2D eigenvalue weighted by atomic mass is 10.0. The smallest absolute Gasteiger partial charge is 0.224 e. The van der Waals surface area contributed by atoms with Crippen LogP contribution in [0.15, 0.2) is 24.5 Å². The molecule has 21 heavy (non-hydrogen) atoms. The number of nitrogen functional groups attached to an aromatic ring is 1. The number of fused-ring (bicyclic) bond motifs is 1. The summed E-state index contributed by atoms with van der Waals surface area (Å²) in [5, 5.41) is 7.05. The Labute approximate surface area is 122 Å². The van der Waals surface area contributed by atoms with Crippen molar-refractivity contribution in [3.63, 3.8) is 0 Å². The van der Waals surface area contributed by atoms with Crippen LogP contribution < -0.4 is 15.8 Å². The summed E-state index contributed by atoms with van der Waals surface area (Å²) in [7, 11) is 0. The van der Waals surface area contributed by atoms with E-state index in [1.165, 1.54) is 0 Å². The maximum absolute atomic E-state index is 11.4. The summed E-state index contributed by atoms with van der Waals surface area (Å²) in [6, 6.07) is 3.91. The Bertz CT molecular complexity index is 691. The normalized spacial score (nSPS) is 14.0. The molecular weight excluding hydrogens is 268 g/mol. The zero-order chi connectivity index (χ0) is 15.0. The SMILES string of the molecule is CC(C)n1cc(Oc2cc3c(cc2N)NC(=O)CC3)cn1. The molecule has 1 amide bonds. The van der Waals surface area contributed by atoms with Crippen molar-refractivity contribution in [2.45, 2.75) is 32.7 Å². The van der Waals surface area contributed by atoms with Gasteiger partial charge in [-0.2, -0.15) is 5.10 Å². The van der Waals surface area contributed by atoms with Crippen molar-refractivity contribution in [3.8, 4) is 11.5 Å². The lowest BCUT2D eigenvalue weighted by Crippen LogP contribution is -2.19. The van der Waals surface area contributed by atoms with Gasteiger partial charge in [-0.3, -0.25) is 9.48 Å². The van der Waals surface area contributed by atoms with Crippen LogP contribution in [-0.2, 0) is 11.2 Å². The van der Waals surface area contributed by atoms with Crippen molar-refractivity contribution in [1.82, 2.24) is 9.78 Å². The zero-order valence-electron chi connectivity index (χ0n) is 12.1. The second-order valence-electron chi connectivity index (χ2n) is 5.45. The zero-order valence-corrected chi connectivity index (χ0v) is 12.1. The van der Waals surface area contributed by atoms with E-state index >= 15 is 0 Å². The van der Waals surface area contributed by atoms with E-state index < -0.39 is 0 Å². The van der Waals surface area contributed by atoms with E-state index in [-0.39, 0.29) is 11.9 Å². The number of aromatic nitrogens is 2. The minimum absolute atomic E-state index is 0.0220. The van der Waals surface area contributed by atoms with E-state index in [1.807, 2.05) is 30.8 Å². The van der Waals surface area contributed by atoms with Gasteiger partial charge in [-0.25, -0.2) is 0 Å². The van der Waals surface area contributed by atoms with Gasteiger partial charge in [-0.15, -0.1) is 0 Å². The van der Waals surface area contributed by atoms with Crippen LogP contribution in [0.5, 0.6) is 11.5 Å². The largest absolute Gasteiger partial charge is 0.452 e. The minimum Gasteiger partial charge on any atom is -0.452 e. The predicted molar refractivity (Wildman–Crippen MR) is 80.5 cm³/mol. The second-order valence-corrected chi connectivity index (χ2v) is 5.45. The quantitative estimate of drug-likeness (QED) is 0.850. The summed E-state index contributed by atoms with van der Waals surface area (Å²) in [6.07, 6.45) is 4.69. The van der Waals surface area contributed by atoms with Gasteiger partial charge in [-0.1, -0.05) is 0 Å². The van der Waals surface area contributed by atoms with Gasteiger partial charge in [0, 0.05) is 18.2 Å². The molecule has 2 heterocycles. The van der Waals surface area contributed by atoms with Crippen molar-refractivity contribution in [1.29, 1.82) is 0 Å². The molecule has 0 aliphatic carbocycles. The number of carbonyl (C=O) groups is 1. The van der Waals surface area contributed by atoms with Crippen LogP contribution >= 0.6 is 0 Å². The third-order valence-corrected chi connectivity index (χ3v) is 3.47. The summed E-state index contributed by atoms with van der Waals surface area (Å²) >= 11 is 0. The first-order valence-corrected chi connectivity index (χ1v) is 6.97. The fraction of sp³-hybridized carbons (Fsp3) is 0.333. The lowest BCUT2D eigenvalue weighted by molar-refractivity contribution is -0.116. The molecule has 0 spiro atoms. The van der Waals surface area contributed by atoms with Crippen LogP contribution in [0.3, 0.4) is 0 Å². The second kappa shape index (κ2) is 5.12. The van der Waals surface area contributed by atoms with E-state index in [2.05, 4.69) is 10.4 Å². The molecule has 2 aromatic rings. The van der Waals surface area contributed by atoms with Crippen LogP contribution in [0.1, 0.15) is 31.9 Å². The molecule has 0 radical (unpaired) electrons. The maximum Gasteiger partial charge on any atom is 0.224 e. The van der Waals surface area contributed by atoms with Crippen molar-refractivity contribution in [2.75, 3.05) is 11.1 Å². The van der Waals surface area contributed by atoms with E-state index in [0.717, 1.165) is 11.3 Å². The van der Waals surface area contributed by atoms with Gasteiger partial charge < -0.3 is 15.8 Å². The summed E-state index contributed by atoms with van der Waals surface area (Å²) in [5.41, 5.74) is 8.30. The number of anilines is 2. The molecule has 0 bridgehead atoms. The summed E-state index contributed by atoms with van der Waals surface area (Å²) in [6.45, 7) is 4.10. The Kier molecular flexibility index (Phi) is 3.29. The maximum atomic E-state index is 11.4. The number of nitrogens with zero attached hydrogens (tertiary/aromatic N) is 2. The first-order chi connectivity index (χ1) is 10.0. The third-order valence-electron chi connectivity index (χ3n) is 3.47. The van der Waals surface area contributed by atoms with Crippen molar-refractivity contribution >= 4 is 17.3 Å². The number of rotatable bonds is 3. The highest BCUT2D eigenvalue weighted by Gasteiger charge is 2.17. The fourth-order valence-corrected chi connectivity index (χ4v) is 2.29. The third kappa shape index (κ3) is 2.69. The molecule has 6 nitrogen and oxygen atoms in total. The van der Waals surface area contributed by atoms with Gasteiger partial charge in [0.1, 0.15) is 0 Å². The number of aryl methyl sites for hydroxylation is 1. The van der Waals surface area contributed by atoms with Crippen molar-refractivity contribution < 1.29 is 9.53 Å². The average Bonchev–Trinajstić information content (AvgIpc) is 2.89. The molecule has 0 fully saturated rings. The molecule has 6 heteroatoms. The number of nitrogens with one attached hydrogen (secondary N) is 1. The Morgan fingerprint density at radius 3 is 2.90 bits per heavy atom. The lowest BCUT2D eigenvalue weighted by Gasteiger charge is -2.19. The van der Waals surface area contributed by atoms with Gasteiger partial charge in [0.05, 0.1) is 18.1 Å². The number of nitrogens with two attached hydrogens (primary N) is 1. The van der Waals surface area contributed by atoms with E-state index in [4.69, 9.17) is 10.5 Å². The highest BCUT2D eigenvalue weighted by molar-refractivity contribution is 5.94. The fourth-order valence-electron chi connectivity index (χ4n) is 2.29. The number of hydrogen-bond acceptors (Lipinski definition) is 4. The number of ether oxygens (including phenoxy) is 1. The molecule has 0 saturated heterocycles. The average molecular weight is 286 g/mol. The molecule has 0 unspecified atom stereocenters. The highest BCUT2D eigenvalue weighted by Crippen LogP contribution is 2.35. The molecule has 1 aliphatic heterocycles. The van der Waals surface area contributed by atoms with Crippen LogP contribution in [0.2, 0.25) is 0 Å². The summed E-state index contributed by atoms with van der Waals surface area (Å²) < 4.78 is 7.64. The number of carbonyl (C=O) groups excluding carboxylic acids is 1. The van der Waals surface area contributed by atoms with Gasteiger partial charge in [0.15, 0.2) is 11.5 Å². The molecule has 0 atom stereocenters. The number of hydrogen-bond donors (Lipinski definition) is 2. The van der Waals surface area contributed by atoms with Crippen LogP contribution in [-0.4, -0.2) is 15.7 Å². The minimum atomic E-state index is 0.0220. The number of amides is 1. The van der Waals surface area contributed by atoms with Gasteiger partial charge in [0.25, 0.3) is 0 Å². The van der Waals surface area contributed by atoms with Crippen LogP contribution in [0, 0.1) is 0 Å². The first kappa shape index (κ1) is 13.5. The molecule has 0 saturated carbocycles. The van der Waals surface area contributed by atoms with E-state index in [9.17, 15) is 4.79 Å². The molecule has 1 aromatic carbocycles. The van der Waals surface area contributed by atoms with Crippen molar-refractivity contribution in [2.24, 2.45) is 0 Å². The van der Waals surface area contributed by atoms with E-state index in [1.54, 1.807) is 12.3 Å². The Balaban J connectivity index is 1.86. The Hall–Kier alpha value is -2.50. The molecule has 3 N–H and O–H groups in total. The molecule has 3 rings (SSSR count). The van der Waals surface area contributed by atoms with Gasteiger partial charge in [-0.05, 0) is 38.0 Å². The molecule has 1 aliphatic rings. The van der Waals surface area contributed by atoms with Crippen LogP contribution in [0.25, 0.3) is 0 Å². The first-order valence-electron chi connectivity index (χ1n) is 6.97. The van der Waals surface area contributed by atoms with Crippen LogP contribution in [0.4, 0.5) is 11.4 Å². The highest BCUT2D eigenvalue weighted by atomic mass is 16.5. The summed E-state index contributed by atoms with van der Waals surface area (Å²) in [5.74, 6) is 1.26. The Morgan fingerprint density at radius 1 is 1.38 bits per heavy atom. The van der Waals surface area contributed by atoms with Gasteiger partial charge in [0.2, 0.25) is 5.91 Å². The molecule has 1 aromatic heterocycles. The van der Waals surface area contributed by atoms with Crippen molar-refractivity contribution in [3.05, 3.63) is 30.1 Å². The number of benzene rings is 1. The topological polar surface area (TPSA) is 82.2 Å².